The Hall–Kier alpha value is -2.79. The van der Waals surface area contributed by atoms with E-state index in [9.17, 15) is 0 Å². The fourth-order valence-corrected chi connectivity index (χ4v) is 4.09. The Kier molecular flexibility index (Phi) is 5.63. The summed E-state index contributed by atoms with van der Waals surface area (Å²) in [6.45, 7) is 3.07. The van der Waals surface area contributed by atoms with Crippen LogP contribution in [0.1, 0.15) is 29.9 Å². The van der Waals surface area contributed by atoms with Gasteiger partial charge < -0.3 is 9.47 Å². The first kappa shape index (κ1) is 18.6. The molecular weight excluding hydrogens is 350 g/mol. The van der Waals surface area contributed by atoms with E-state index in [1.54, 1.807) is 14.2 Å². The number of nitrogens with one attached hydrogen (secondary N) is 1. The zero-order valence-electron chi connectivity index (χ0n) is 16.5. The van der Waals surface area contributed by atoms with Crippen molar-refractivity contribution in [2.45, 2.75) is 25.3 Å². The monoisotopic (exact) mass is 377 g/mol. The van der Waals surface area contributed by atoms with Gasteiger partial charge in [-0.2, -0.15) is 5.10 Å². The summed E-state index contributed by atoms with van der Waals surface area (Å²) >= 11 is 0. The van der Waals surface area contributed by atoms with Gasteiger partial charge in [-0.1, -0.05) is 18.2 Å². The van der Waals surface area contributed by atoms with Gasteiger partial charge in [-0.3, -0.25) is 10.00 Å². The Morgan fingerprint density at radius 2 is 1.75 bits per heavy atom. The quantitative estimate of drug-likeness (QED) is 0.688. The van der Waals surface area contributed by atoms with Crippen molar-refractivity contribution in [1.29, 1.82) is 0 Å². The number of likely N-dealkylation sites (tertiary alicyclic amines) is 1. The molecule has 2 aromatic carbocycles. The summed E-state index contributed by atoms with van der Waals surface area (Å²) in [4.78, 5) is 2.52. The van der Waals surface area contributed by atoms with Crippen LogP contribution in [0.5, 0.6) is 11.5 Å². The first-order valence-electron chi connectivity index (χ1n) is 9.80. The highest BCUT2D eigenvalue weighted by atomic mass is 16.5. The third-order valence-electron chi connectivity index (χ3n) is 5.66. The normalized spacial score (nSPS) is 15.5. The minimum absolute atomic E-state index is 0.567. The zero-order chi connectivity index (χ0) is 19.3. The number of H-pyrrole nitrogens is 1. The fourth-order valence-electron chi connectivity index (χ4n) is 4.09. The van der Waals surface area contributed by atoms with E-state index in [1.165, 1.54) is 11.1 Å². The molecule has 1 aliphatic heterocycles. The highest BCUT2D eigenvalue weighted by Gasteiger charge is 2.23. The molecule has 0 saturated carbocycles. The van der Waals surface area contributed by atoms with E-state index >= 15 is 0 Å². The van der Waals surface area contributed by atoms with Gasteiger partial charge in [0, 0.05) is 17.7 Å². The fraction of sp³-hybridized carbons (Fsp3) is 0.348. The molecule has 0 atom stereocenters. The second-order valence-electron chi connectivity index (χ2n) is 7.29. The van der Waals surface area contributed by atoms with Gasteiger partial charge in [0.1, 0.15) is 11.5 Å². The molecule has 0 amide bonds. The third-order valence-corrected chi connectivity index (χ3v) is 5.66. The lowest BCUT2D eigenvalue weighted by Crippen LogP contribution is -2.32. The second-order valence-corrected chi connectivity index (χ2v) is 7.29. The number of aromatic nitrogens is 2. The van der Waals surface area contributed by atoms with Crippen molar-refractivity contribution in [2.75, 3.05) is 27.3 Å². The number of nitrogens with zero attached hydrogens (tertiary/aromatic N) is 2. The Morgan fingerprint density at radius 3 is 2.46 bits per heavy atom. The zero-order valence-corrected chi connectivity index (χ0v) is 16.5. The molecule has 2 heterocycles. The molecule has 3 aromatic rings. The standard InChI is InChI=1S/C23H27N3O2/c1-27-20-9-7-18(8-10-20)23-19(15-24-25-23)16-26-13-11-17(12-14-26)21-5-3-4-6-22(21)28-2/h3-10,15,17H,11-14,16H2,1-2H3,(H,24,25). The van der Waals surface area contributed by atoms with Crippen LogP contribution in [0.4, 0.5) is 0 Å². The lowest BCUT2D eigenvalue weighted by molar-refractivity contribution is 0.203. The van der Waals surface area contributed by atoms with Crippen LogP contribution in [0.3, 0.4) is 0 Å². The van der Waals surface area contributed by atoms with E-state index < -0.39 is 0 Å². The number of hydrogen-bond acceptors (Lipinski definition) is 4. The summed E-state index contributed by atoms with van der Waals surface area (Å²) in [5.74, 6) is 2.44. The van der Waals surface area contributed by atoms with Crippen molar-refractivity contribution in [3.8, 4) is 22.8 Å². The minimum Gasteiger partial charge on any atom is -0.497 e. The lowest BCUT2D eigenvalue weighted by atomic mass is 9.88. The summed E-state index contributed by atoms with van der Waals surface area (Å²) in [5.41, 5.74) is 4.81. The molecule has 1 aliphatic rings. The third kappa shape index (κ3) is 3.90. The molecule has 0 radical (unpaired) electrons. The van der Waals surface area contributed by atoms with Crippen molar-refractivity contribution in [3.05, 3.63) is 65.9 Å². The van der Waals surface area contributed by atoms with Gasteiger partial charge in [-0.25, -0.2) is 0 Å². The van der Waals surface area contributed by atoms with Gasteiger partial charge in [0.05, 0.1) is 26.1 Å². The summed E-state index contributed by atoms with van der Waals surface area (Å²) in [7, 11) is 3.44. The molecule has 4 rings (SSSR count). The van der Waals surface area contributed by atoms with Gasteiger partial charge in [0.2, 0.25) is 0 Å². The predicted molar refractivity (Wildman–Crippen MR) is 111 cm³/mol. The van der Waals surface area contributed by atoms with Crippen LogP contribution in [0.25, 0.3) is 11.3 Å². The maximum absolute atomic E-state index is 5.56. The number of methoxy groups -OCH3 is 2. The van der Waals surface area contributed by atoms with E-state index in [-0.39, 0.29) is 0 Å². The Bertz CT molecular complexity index is 896. The molecule has 0 spiro atoms. The molecule has 146 valence electrons. The van der Waals surface area contributed by atoms with E-state index in [2.05, 4.69) is 45.4 Å². The van der Waals surface area contributed by atoms with Gasteiger partial charge in [0.15, 0.2) is 0 Å². The minimum atomic E-state index is 0.567. The number of hydrogen-bond donors (Lipinski definition) is 1. The van der Waals surface area contributed by atoms with Gasteiger partial charge in [0.25, 0.3) is 0 Å². The first-order valence-corrected chi connectivity index (χ1v) is 9.80. The van der Waals surface area contributed by atoms with Crippen molar-refractivity contribution in [2.24, 2.45) is 0 Å². The Labute approximate surface area is 166 Å². The maximum atomic E-state index is 5.56. The maximum Gasteiger partial charge on any atom is 0.122 e. The molecule has 0 bridgehead atoms. The van der Waals surface area contributed by atoms with Gasteiger partial charge in [-0.05, 0) is 67.7 Å². The van der Waals surface area contributed by atoms with Crippen LogP contribution < -0.4 is 9.47 Å². The second kappa shape index (κ2) is 8.48. The van der Waals surface area contributed by atoms with Gasteiger partial charge in [-0.15, -0.1) is 0 Å². The number of benzene rings is 2. The number of rotatable bonds is 6. The summed E-state index contributed by atoms with van der Waals surface area (Å²) in [6.07, 6.45) is 4.25. The van der Waals surface area contributed by atoms with Gasteiger partial charge >= 0.3 is 0 Å². The highest BCUT2D eigenvalue weighted by Crippen LogP contribution is 2.34. The molecule has 0 unspecified atom stereocenters. The molecule has 1 saturated heterocycles. The van der Waals surface area contributed by atoms with E-state index in [4.69, 9.17) is 9.47 Å². The van der Waals surface area contributed by atoms with E-state index in [0.29, 0.717) is 5.92 Å². The van der Waals surface area contributed by atoms with E-state index in [1.807, 2.05) is 24.4 Å². The topological polar surface area (TPSA) is 50.4 Å². The SMILES string of the molecule is COc1ccc(-c2[nH]ncc2CN2CCC(c3ccccc3OC)CC2)cc1. The number of para-hydroxylation sites is 1. The summed E-state index contributed by atoms with van der Waals surface area (Å²) < 4.78 is 10.8. The Balaban J connectivity index is 1.41. The lowest BCUT2D eigenvalue weighted by Gasteiger charge is -2.32. The van der Waals surface area contributed by atoms with Crippen LogP contribution in [-0.2, 0) is 6.54 Å². The van der Waals surface area contributed by atoms with Crippen LogP contribution in [0, 0.1) is 0 Å². The molecule has 1 fully saturated rings. The van der Waals surface area contributed by atoms with Crippen LogP contribution in [-0.4, -0.2) is 42.4 Å². The molecule has 5 heteroatoms. The highest BCUT2D eigenvalue weighted by molar-refractivity contribution is 5.63. The molecule has 0 aliphatic carbocycles. The largest absolute Gasteiger partial charge is 0.497 e. The number of piperidine rings is 1. The molecule has 28 heavy (non-hydrogen) atoms. The molecular formula is C23H27N3O2. The molecule has 1 N–H and O–H groups in total. The van der Waals surface area contributed by atoms with Crippen LogP contribution in [0.15, 0.2) is 54.7 Å². The Morgan fingerprint density at radius 1 is 1.00 bits per heavy atom. The van der Waals surface area contributed by atoms with Crippen LogP contribution >= 0.6 is 0 Å². The summed E-state index contributed by atoms with van der Waals surface area (Å²) in [6, 6.07) is 16.5. The molecule has 1 aromatic heterocycles. The van der Waals surface area contributed by atoms with Crippen molar-refractivity contribution < 1.29 is 9.47 Å². The predicted octanol–water partition coefficient (Wildman–Crippen LogP) is 4.47. The average Bonchev–Trinajstić information content (AvgIpc) is 3.22. The average molecular weight is 377 g/mol. The van der Waals surface area contributed by atoms with Crippen molar-refractivity contribution in [1.82, 2.24) is 15.1 Å². The van der Waals surface area contributed by atoms with Crippen molar-refractivity contribution >= 4 is 0 Å². The smallest absolute Gasteiger partial charge is 0.122 e. The first-order chi connectivity index (χ1) is 13.8. The number of aromatic amines is 1. The van der Waals surface area contributed by atoms with Crippen molar-refractivity contribution in [3.63, 3.8) is 0 Å². The van der Waals surface area contributed by atoms with Crippen LogP contribution in [0.2, 0.25) is 0 Å². The summed E-state index contributed by atoms with van der Waals surface area (Å²) in [5, 5.41) is 7.46. The molecule has 5 nitrogen and oxygen atoms in total. The van der Waals surface area contributed by atoms with E-state index in [0.717, 1.165) is 55.2 Å². The number of ether oxygens (including phenoxy) is 2.